The Morgan fingerprint density at radius 1 is 1.10 bits per heavy atom. The highest BCUT2D eigenvalue weighted by Gasteiger charge is 2.56. The molecule has 1 heterocycles. The molecule has 4 saturated carbocycles. The molecule has 1 aromatic heterocycles. The lowest BCUT2D eigenvalue weighted by molar-refractivity contribution is -0.148. The number of primary amides is 1. The molecule has 6 heteroatoms. The van der Waals surface area contributed by atoms with E-state index in [0.717, 1.165) is 48.3 Å². The van der Waals surface area contributed by atoms with Gasteiger partial charge < -0.3 is 10.5 Å². The summed E-state index contributed by atoms with van der Waals surface area (Å²) in [5.74, 6) is 2.25. The first kappa shape index (κ1) is 18.9. The molecule has 4 fully saturated rings. The van der Waals surface area contributed by atoms with Crippen LogP contribution in [0.4, 0.5) is 0 Å². The van der Waals surface area contributed by atoms with Crippen molar-refractivity contribution in [2.45, 2.75) is 49.8 Å². The van der Waals surface area contributed by atoms with Gasteiger partial charge in [0.15, 0.2) is 11.3 Å². The van der Waals surface area contributed by atoms with E-state index in [-0.39, 0.29) is 11.3 Å². The van der Waals surface area contributed by atoms with E-state index in [1.807, 2.05) is 42.7 Å². The lowest BCUT2D eigenvalue weighted by atomic mass is 9.48. The van der Waals surface area contributed by atoms with Gasteiger partial charge in [-0.25, -0.2) is 4.98 Å². The van der Waals surface area contributed by atoms with Crippen LogP contribution in [0.15, 0.2) is 41.6 Å². The molecule has 0 aliphatic heterocycles. The number of aromatic nitrogens is 2. The van der Waals surface area contributed by atoms with Gasteiger partial charge in [-0.15, -0.1) is 0 Å². The average molecular weight is 410 g/mol. The maximum absolute atomic E-state index is 12.6. The van der Waals surface area contributed by atoms with Crippen molar-refractivity contribution in [3.63, 3.8) is 0 Å². The van der Waals surface area contributed by atoms with Crippen molar-refractivity contribution in [1.29, 1.82) is 0 Å². The molecule has 6 rings (SSSR count). The summed E-state index contributed by atoms with van der Waals surface area (Å²) in [5, 5.41) is 0.634. The third-order valence-electron chi connectivity index (χ3n) is 7.07. The Kier molecular flexibility index (Phi) is 4.77. The van der Waals surface area contributed by atoms with Gasteiger partial charge in [0.2, 0.25) is 5.88 Å². The van der Waals surface area contributed by atoms with Crippen molar-refractivity contribution in [3.05, 3.63) is 36.4 Å². The normalized spacial score (nSPS) is 30.9. The Balaban J connectivity index is 1.48. The third-order valence-corrected chi connectivity index (χ3v) is 7.62. The molecule has 152 valence electrons. The van der Waals surface area contributed by atoms with Crippen LogP contribution in [0.3, 0.4) is 0 Å². The number of hydrogen-bond donors (Lipinski definition) is 1. The van der Waals surface area contributed by atoms with Crippen molar-refractivity contribution in [3.8, 4) is 17.1 Å². The van der Waals surface area contributed by atoms with Gasteiger partial charge in [-0.1, -0.05) is 42.1 Å². The van der Waals surface area contributed by atoms with Gasteiger partial charge in [0, 0.05) is 17.0 Å². The first-order valence-electron chi connectivity index (χ1n) is 10.5. The molecule has 4 bridgehead atoms. The Bertz CT molecular complexity index is 882. The lowest BCUT2D eigenvalue weighted by Gasteiger charge is -2.58. The number of thioether (sulfide) groups is 1. The third kappa shape index (κ3) is 3.52. The molecule has 0 spiro atoms. The minimum absolute atomic E-state index is 0.127. The van der Waals surface area contributed by atoms with Crippen molar-refractivity contribution in [2.75, 3.05) is 6.26 Å². The number of nitrogens with zero attached hydrogens (tertiary/aromatic N) is 2. The zero-order valence-electron chi connectivity index (χ0n) is 16.7. The van der Waals surface area contributed by atoms with Crippen LogP contribution in [0.2, 0.25) is 0 Å². The number of amides is 1. The average Bonchev–Trinajstić information content (AvgIpc) is 2.71. The van der Waals surface area contributed by atoms with Gasteiger partial charge in [0.25, 0.3) is 5.91 Å². The Morgan fingerprint density at radius 2 is 1.72 bits per heavy atom. The summed E-state index contributed by atoms with van der Waals surface area (Å²) in [7, 11) is 0. The summed E-state index contributed by atoms with van der Waals surface area (Å²) >= 11 is 1.47. The minimum Gasteiger partial charge on any atom is -0.464 e. The van der Waals surface area contributed by atoms with Crippen LogP contribution >= 0.6 is 11.8 Å². The molecule has 0 saturated heterocycles. The molecule has 1 unspecified atom stereocenters. The second-order valence-corrected chi connectivity index (χ2v) is 9.90. The fourth-order valence-electron chi connectivity index (χ4n) is 6.42. The quantitative estimate of drug-likeness (QED) is 0.568. The zero-order chi connectivity index (χ0) is 20.0. The van der Waals surface area contributed by atoms with Crippen molar-refractivity contribution >= 4 is 17.7 Å². The number of carbonyl (C=O) groups is 1. The standard InChI is InChI=1S/C23H27N3O2S/c1-29-22-25-18(17-5-3-2-4-6-17)10-19(26-22)28-20(21(24)27)23-11-14-7-15(12-23)9-16(8-14)13-23/h2-6,10,14-16,20H,7-9,11-13H2,1H3,(H2,24,27). The largest absolute Gasteiger partial charge is 0.464 e. The summed E-state index contributed by atoms with van der Waals surface area (Å²) in [5.41, 5.74) is 7.59. The molecule has 29 heavy (non-hydrogen) atoms. The molecule has 4 aliphatic carbocycles. The first-order valence-corrected chi connectivity index (χ1v) is 11.7. The summed E-state index contributed by atoms with van der Waals surface area (Å²) in [6.45, 7) is 0. The van der Waals surface area contributed by atoms with Crippen LogP contribution in [-0.4, -0.2) is 28.2 Å². The topological polar surface area (TPSA) is 78.1 Å². The smallest absolute Gasteiger partial charge is 0.259 e. The summed E-state index contributed by atoms with van der Waals surface area (Å²) < 4.78 is 6.33. The van der Waals surface area contributed by atoms with E-state index in [1.165, 1.54) is 31.0 Å². The lowest BCUT2D eigenvalue weighted by Crippen LogP contribution is -2.57. The summed E-state index contributed by atoms with van der Waals surface area (Å²) in [4.78, 5) is 21.7. The molecular weight excluding hydrogens is 382 g/mol. The molecule has 4 aliphatic rings. The van der Waals surface area contributed by atoms with Crippen molar-refractivity contribution in [2.24, 2.45) is 28.9 Å². The number of carbonyl (C=O) groups excluding carboxylic acids is 1. The predicted molar refractivity (Wildman–Crippen MR) is 113 cm³/mol. The van der Waals surface area contributed by atoms with E-state index in [2.05, 4.69) is 9.97 Å². The van der Waals surface area contributed by atoms with Gasteiger partial charge in [0.1, 0.15) is 0 Å². The van der Waals surface area contributed by atoms with Gasteiger partial charge in [-0.05, 0) is 62.5 Å². The highest BCUT2D eigenvalue weighted by atomic mass is 32.2. The fourth-order valence-corrected chi connectivity index (χ4v) is 6.79. The highest BCUT2D eigenvalue weighted by molar-refractivity contribution is 7.98. The number of rotatable bonds is 6. The van der Waals surface area contributed by atoms with Crippen molar-refractivity contribution < 1.29 is 9.53 Å². The Hall–Kier alpha value is -2.08. The Labute approximate surface area is 175 Å². The Morgan fingerprint density at radius 3 is 2.28 bits per heavy atom. The SMILES string of the molecule is CSc1nc(OC(C(N)=O)C23CC4CC(CC(C4)C2)C3)cc(-c2ccccc2)n1. The van der Waals surface area contributed by atoms with Gasteiger partial charge in [0.05, 0.1) is 5.69 Å². The van der Waals surface area contributed by atoms with Crippen molar-refractivity contribution in [1.82, 2.24) is 9.97 Å². The van der Waals surface area contributed by atoms with E-state index >= 15 is 0 Å². The first-order chi connectivity index (χ1) is 14.0. The molecule has 2 aromatic rings. The fraction of sp³-hybridized carbons (Fsp3) is 0.522. The zero-order valence-corrected chi connectivity index (χ0v) is 17.5. The number of nitrogens with two attached hydrogens (primary N) is 1. The van der Waals surface area contributed by atoms with Crippen LogP contribution in [0.1, 0.15) is 38.5 Å². The van der Waals surface area contributed by atoms with Crippen LogP contribution < -0.4 is 10.5 Å². The van der Waals surface area contributed by atoms with Crippen LogP contribution in [0.5, 0.6) is 5.88 Å². The molecule has 1 atom stereocenters. The summed E-state index contributed by atoms with van der Waals surface area (Å²) in [6, 6.07) is 11.8. The van der Waals surface area contributed by atoms with Crippen LogP contribution in [0, 0.1) is 23.2 Å². The molecule has 0 radical (unpaired) electrons. The van der Waals surface area contributed by atoms with Crippen LogP contribution in [0.25, 0.3) is 11.3 Å². The van der Waals surface area contributed by atoms with E-state index in [4.69, 9.17) is 10.5 Å². The summed E-state index contributed by atoms with van der Waals surface area (Å²) in [6.07, 6.45) is 8.42. The molecular formula is C23H27N3O2S. The second-order valence-electron chi connectivity index (χ2n) is 9.12. The maximum atomic E-state index is 12.6. The molecule has 5 nitrogen and oxygen atoms in total. The molecule has 1 amide bonds. The highest BCUT2D eigenvalue weighted by Crippen LogP contribution is 2.61. The number of benzene rings is 1. The van der Waals surface area contributed by atoms with E-state index < -0.39 is 6.10 Å². The molecule has 2 N–H and O–H groups in total. The van der Waals surface area contributed by atoms with Crippen LogP contribution in [-0.2, 0) is 4.79 Å². The van der Waals surface area contributed by atoms with E-state index in [9.17, 15) is 4.79 Å². The maximum Gasteiger partial charge on any atom is 0.259 e. The predicted octanol–water partition coefficient (Wildman–Crippen LogP) is 4.31. The van der Waals surface area contributed by atoms with Gasteiger partial charge in [-0.3, -0.25) is 4.79 Å². The van der Waals surface area contributed by atoms with E-state index in [0.29, 0.717) is 11.0 Å². The number of ether oxygens (including phenoxy) is 1. The van der Waals surface area contributed by atoms with Gasteiger partial charge >= 0.3 is 0 Å². The number of hydrogen-bond acceptors (Lipinski definition) is 5. The monoisotopic (exact) mass is 409 g/mol. The molecule has 1 aromatic carbocycles. The second kappa shape index (κ2) is 7.31. The minimum atomic E-state index is -0.621. The van der Waals surface area contributed by atoms with Gasteiger partial charge in [-0.2, -0.15) is 4.98 Å². The van der Waals surface area contributed by atoms with E-state index in [1.54, 1.807) is 0 Å².